The largest absolute Gasteiger partial charge is 0.506 e. The Hall–Kier alpha value is -4.45. The SMILES string of the molecule is CCCCOC(=O)CCc1ccccc2cc(C)c(C3=C(O)C(=C4C5=C(CCC(=O)O)C=CC=CC5=CC4C)C3=O)c1-2. The van der Waals surface area contributed by atoms with Crippen molar-refractivity contribution in [3.8, 4) is 11.1 Å². The number of carboxylic acids is 1. The van der Waals surface area contributed by atoms with Crippen molar-refractivity contribution >= 4 is 23.3 Å². The van der Waals surface area contributed by atoms with E-state index in [-0.39, 0.29) is 41.8 Å². The minimum absolute atomic E-state index is 0.0287. The Morgan fingerprint density at radius 1 is 0.976 bits per heavy atom. The molecule has 6 heteroatoms. The fourth-order valence-electron chi connectivity index (χ4n) is 6.20. The van der Waals surface area contributed by atoms with E-state index in [0.29, 0.717) is 30.6 Å². The van der Waals surface area contributed by atoms with Crippen LogP contribution in [0.4, 0.5) is 0 Å². The lowest BCUT2D eigenvalue weighted by atomic mass is 9.75. The summed E-state index contributed by atoms with van der Waals surface area (Å²) in [5.74, 6) is -1.53. The van der Waals surface area contributed by atoms with Crippen LogP contribution < -0.4 is 0 Å². The zero-order chi connectivity index (χ0) is 30.0. The van der Waals surface area contributed by atoms with Crippen LogP contribution in [0.25, 0.3) is 16.7 Å². The summed E-state index contributed by atoms with van der Waals surface area (Å²) in [6, 6.07) is 9.81. The summed E-state index contributed by atoms with van der Waals surface area (Å²) in [5, 5.41) is 20.9. The molecule has 0 spiro atoms. The van der Waals surface area contributed by atoms with Crippen molar-refractivity contribution in [3.05, 3.63) is 111 Å². The molecule has 0 saturated heterocycles. The van der Waals surface area contributed by atoms with E-state index in [1.165, 1.54) is 0 Å². The van der Waals surface area contributed by atoms with Gasteiger partial charge in [0.15, 0.2) is 0 Å². The van der Waals surface area contributed by atoms with Crippen LogP contribution in [0.1, 0.15) is 62.6 Å². The summed E-state index contributed by atoms with van der Waals surface area (Å²) >= 11 is 0. The second kappa shape index (κ2) is 12.2. The van der Waals surface area contributed by atoms with Crippen LogP contribution in [-0.4, -0.2) is 34.5 Å². The van der Waals surface area contributed by atoms with Gasteiger partial charge in [0, 0.05) is 24.3 Å². The summed E-state index contributed by atoms with van der Waals surface area (Å²) in [7, 11) is 0. The van der Waals surface area contributed by atoms with E-state index in [1.807, 2.05) is 75.4 Å². The second-order valence-corrected chi connectivity index (χ2v) is 11.1. The highest BCUT2D eigenvalue weighted by molar-refractivity contribution is 6.40. The number of carbonyl (C=O) groups is 3. The average molecular weight is 565 g/mol. The smallest absolute Gasteiger partial charge is 0.306 e. The zero-order valence-electron chi connectivity index (χ0n) is 24.3. The van der Waals surface area contributed by atoms with Crippen LogP contribution in [0.2, 0.25) is 0 Å². The Morgan fingerprint density at radius 2 is 1.74 bits per heavy atom. The summed E-state index contributed by atoms with van der Waals surface area (Å²) in [5.41, 5.74) is 8.21. The van der Waals surface area contributed by atoms with E-state index in [0.717, 1.165) is 57.4 Å². The quantitative estimate of drug-likeness (QED) is 0.177. The lowest BCUT2D eigenvalue weighted by Gasteiger charge is -2.27. The number of ether oxygens (including phenoxy) is 1. The van der Waals surface area contributed by atoms with E-state index in [4.69, 9.17) is 4.74 Å². The fraction of sp³-hybridized carbons (Fsp3) is 0.306. The van der Waals surface area contributed by atoms with Gasteiger partial charge in [-0.25, -0.2) is 0 Å². The number of aryl methyl sites for hydroxylation is 2. The second-order valence-electron chi connectivity index (χ2n) is 11.1. The van der Waals surface area contributed by atoms with E-state index in [9.17, 15) is 24.6 Å². The summed E-state index contributed by atoms with van der Waals surface area (Å²) < 4.78 is 5.36. The van der Waals surface area contributed by atoms with Gasteiger partial charge in [-0.05, 0) is 70.7 Å². The summed E-state index contributed by atoms with van der Waals surface area (Å²) in [4.78, 5) is 37.8. The molecule has 0 fully saturated rings. The van der Waals surface area contributed by atoms with Crippen LogP contribution in [0.3, 0.4) is 0 Å². The monoisotopic (exact) mass is 564 g/mol. The molecule has 2 N–H and O–H groups in total. The van der Waals surface area contributed by atoms with Gasteiger partial charge in [0.25, 0.3) is 0 Å². The van der Waals surface area contributed by atoms with E-state index in [1.54, 1.807) is 0 Å². The number of ketones is 1. The molecule has 0 heterocycles. The molecule has 0 aromatic heterocycles. The first kappa shape index (κ1) is 29.1. The number of unbranched alkanes of at least 4 members (excludes halogenated alkanes) is 1. The standard InChI is InChI=1S/C36H36O6/c1-4-5-18-42-28(39)17-15-24-11-7-9-13-26-20-22(3)30(32(24)26)34-35(40)33(36(34)41)29-21(2)19-25-12-8-6-10-23(31(25)29)14-16-27(37)38/h6-13,19-21,40H,4-5,14-18H2,1-3H3,(H,37,38). The Bertz CT molecular complexity index is 1620. The van der Waals surface area contributed by atoms with Crippen LogP contribution in [-0.2, 0) is 25.5 Å². The lowest BCUT2D eigenvalue weighted by molar-refractivity contribution is -0.143. The predicted molar refractivity (Wildman–Crippen MR) is 163 cm³/mol. The third-order valence-electron chi connectivity index (χ3n) is 8.17. The molecule has 0 aliphatic heterocycles. The number of hydrogen-bond acceptors (Lipinski definition) is 5. The topological polar surface area (TPSA) is 101 Å². The van der Waals surface area contributed by atoms with Crippen molar-refractivity contribution in [1.82, 2.24) is 0 Å². The molecule has 0 amide bonds. The molecule has 6 nitrogen and oxygen atoms in total. The van der Waals surface area contributed by atoms with Gasteiger partial charge in [-0.1, -0.05) is 81.0 Å². The molecule has 0 bridgehead atoms. The normalized spacial score (nSPS) is 19.6. The van der Waals surface area contributed by atoms with Gasteiger partial charge < -0.3 is 14.9 Å². The van der Waals surface area contributed by atoms with Crippen LogP contribution in [0, 0.1) is 12.8 Å². The number of aliphatic hydroxyl groups excluding tert-OH is 1. The van der Waals surface area contributed by atoms with Crippen molar-refractivity contribution in [1.29, 1.82) is 0 Å². The Morgan fingerprint density at radius 3 is 2.48 bits per heavy atom. The van der Waals surface area contributed by atoms with Crippen molar-refractivity contribution in [2.75, 3.05) is 6.61 Å². The van der Waals surface area contributed by atoms with E-state index < -0.39 is 5.97 Å². The molecule has 216 valence electrons. The fourth-order valence-corrected chi connectivity index (χ4v) is 6.20. The zero-order valence-corrected chi connectivity index (χ0v) is 24.3. The third kappa shape index (κ3) is 5.41. The first-order valence-electron chi connectivity index (χ1n) is 14.6. The number of Topliss-reactive ketones (excluding diaryl/α,β-unsaturated/α-hetero) is 1. The van der Waals surface area contributed by atoms with Crippen LogP contribution >= 0.6 is 0 Å². The molecule has 5 rings (SSSR count). The number of esters is 1. The highest BCUT2D eigenvalue weighted by Gasteiger charge is 2.43. The molecule has 0 aromatic carbocycles. The summed E-state index contributed by atoms with van der Waals surface area (Å²) in [6.07, 6.45) is 12.4. The predicted octanol–water partition coefficient (Wildman–Crippen LogP) is 7.39. The molecule has 1 unspecified atom stereocenters. The molecular weight excluding hydrogens is 528 g/mol. The van der Waals surface area contributed by atoms with Gasteiger partial charge in [-0.2, -0.15) is 0 Å². The van der Waals surface area contributed by atoms with E-state index in [2.05, 4.69) is 6.08 Å². The summed E-state index contributed by atoms with van der Waals surface area (Å²) in [6.45, 7) is 6.38. The van der Waals surface area contributed by atoms with Crippen molar-refractivity contribution in [2.45, 2.75) is 59.3 Å². The lowest BCUT2D eigenvalue weighted by Crippen LogP contribution is -2.25. The van der Waals surface area contributed by atoms with Gasteiger partial charge in [0.05, 0.1) is 17.8 Å². The number of aliphatic carboxylic acids is 1. The average Bonchev–Trinajstić information content (AvgIpc) is 3.24. The van der Waals surface area contributed by atoms with E-state index >= 15 is 0 Å². The number of allylic oxidation sites excluding steroid dienone is 11. The molecule has 42 heavy (non-hydrogen) atoms. The molecule has 0 saturated carbocycles. The van der Waals surface area contributed by atoms with Crippen molar-refractivity contribution in [3.63, 3.8) is 0 Å². The number of hydrogen-bond donors (Lipinski definition) is 2. The minimum atomic E-state index is -0.888. The molecular formula is C36H36O6. The molecule has 0 radical (unpaired) electrons. The van der Waals surface area contributed by atoms with Gasteiger partial charge >= 0.3 is 11.9 Å². The van der Waals surface area contributed by atoms with Crippen LogP contribution in [0.15, 0.2) is 94.3 Å². The molecule has 1 atom stereocenters. The van der Waals surface area contributed by atoms with Gasteiger partial charge in [0.2, 0.25) is 5.78 Å². The maximum Gasteiger partial charge on any atom is 0.306 e. The van der Waals surface area contributed by atoms with Gasteiger partial charge in [-0.3, -0.25) is 14.4 Å². The van der Waals surface area contributed by atoms with Crippen LogP contribution in [0.5, 0.6) is 0 Å². The maximum absolute atomic E-state index is 14.0. The third-order valence-corrected chi connectivity index (χ3v) is 8.17. The first-order chi connectivity index (χ1) is 20.2. The number of rotatable bonds is 10. The number of fused-ring (bicyclic) bond motifs is 2. The highest BCUT2D eigenvalue weighted by atomic mass is 16.5. The number of aliphatic hydroxyl groups is 1. The Balaban J connectivity index is 1.58. The highest BCUT2D eigenvalue weighted by Crippen LogP contribution is 2.51. The van der Waals surface area contributed by atoms with Gasteiger partial charge in [-0.15, -0.1) is 0 Å². The van der Waals surface area contributed by atoms with Crippen molar-refractivity contribution < 1.29 is 29.3 Å². The number of carboxylic acid groups (broad SMARTS) is 1. The molecule has 0 aromatic rings. The minimum Gasteiger partial charge on any atom is -0.506 e. The Labute approximate surface area is 246 Å². The maximum atomic E-state index is 14.0. The molecule has 5 aliphatic rings. The van der Waals surface area contributed by atoms with Gasteiger partial charge in [0.1, 0.15) is 5.76 Å². The Kier molecular flexibility index (Phi) is 8.44. The van der Waals surface area contributed by atoms with Crippen molar-refractivity contribution in [2.24, 2.45) is 5.92 Å². The number of carbonyl (C=O) groups excluding carboxylic acids is 2. The first-order valence-corrected chi connectivity index (χ1v) is 14.6. The molecule has 5 aliphatic carbocycles.